The normalized spacial score (nSPS) is 17.2. The van der Waals surface area contributed by atoms with Crippen LogP contribution >= 0.6 is 0 Å². The zero-order valence-corrected chi connectivity index (χ0v) is 9.30. The first-order valence-electron chi connectivity index (χ1n) is 5.57. The van der Waals surface area contributed by atoms with E-state index in [9.17, 15) is 13.2 Å². The van der Waals surface area contributed by atoms with Crippen LogP contribution in [0.5, 0.6) is 0 Å². The standard InChI is InChI=1S/C11H14F3N3/c12-11(13,14)8-4-5-9(15)16-10(8)17-6-2-1-3-7-17/h4-5H,1-3,6-7H2,(H2,15,16). The van der Waals surface area contributed by atoms with Crippen LogP contribution in [0.3, 0.4) is 0 Å². The molecule has 2 N–H and O–H groups in total. The second-order valence-electron chi connectivity index (χ2n) is 4.15. The van der Waals surface area contributed by atoms with Crippen molar-refractivity contribution in [1.82, 2.24) is 4.98 Å². The number of aromatic nitrogens is 1. The number of halogens is 3. The molecule has 0 spiro atoms. The van der Waals surface area contributed by atoms with Crippen molar-refractivity contribution in [3.8, 4) is 0 Å². The van der Waals surface area contributed by atoms with Gasteiger partial charge in [-0.15, -0.1) is 0 Å². The second-order valence-corrected chi connectivity index (χ2v) is 4.15. The molecular weight excluding hydrogens is 231 g/mol. The van der Waals surface area contributed by atoms with E-state index in [2.05, 4.69) is 4.98 Å². The highest BCUT2D eigenvalue weighted by Gasteiger charge is 2.36. The van der Waals surface area contributed by atoms with Gasteiger partial charge >= 0.3 is 6.18 Å². The van der Waals surface area contributed by atoms with Crippen molar-refractivity contribution in [3.05, 3.63) is 17.7 Å². The molecule has 2 heterocycles. The number of hydrogen-bond donors (Lipinski definition) is 1. The van der Waals surface area contributed by atoms with E-state index in [1.54, 1.807) is 4.90 Å². The number of pyridine rings is 1. The summed E-state index contributed by atoms with van der Waals surface area (Å²) >= 11 is 0. The molecule has 0 aromatic carbocycles. The van der Waals surface area contributed by atoms with Gasteiger partial charge < -0.3 is 10.6 Å². The third-order valence-electron chi connectivity index (χ3n) is 2.86. The van der Waals surface area contributed by atoms with Gasteiger partial charge in [-0.3, -0.25) is 0 Å². The summed E-state index contributed by atoms with van der Waals surface area (Å²) in [6, 6.07) is 2.20. The lowest BCUT2D eigenvalue weighted by Gasteiger charge is -2.29. The van der Waals surface area contributed by atoms with Crippen LogP contribution < -0.4 is 10.6 Å². The van der Waals surface area contributed by atoms with Gasteiger partial charge in [-0.05, 0) is 31.4 Å². The molecule has 0 unspecified atom stereocenters. The highest BCUT2D eigenvalue weighted by Crippen LogP contribution is 2.36. The molecule has 0 radical (unpaired) electrons. The molecule has 0 atom stereocenters. The lowest BCUT2D eigenvalue weighted by molar-refractivity contribution is -0.137. The highest BCUT2D eigenvalue weighted by molar-refractivity contribution is 5.53. The minimum absolute atomic E-state index is 0.0304. The molecule has 17 heavy (non-hydrogen) atoms. The summed E-state index contributed by atoms with van der Waals surface area (Å²) in [5.41, 5.74) is 4.77. The highest BCUT2D eigenvalue weighted by atomic mass is 19.4. The lowest BCUT2D eigenvalue weighted by atomic mass is 10.1. The molecule has 0 bridgehead atoms. The molecule has 1 aliphatic heterocycles. The number of nitrogens with zero attached hydrogens (tertiary/aromatic N) is 2. The number of anilines is 2. The molecule has 1 aromatic heterocycles. The summed E-state index contributed by atoms with van der Waals surface area (Å²) < 4.78 is 38.5. The molecule has 0 amide bonds. The van der Waals surface area contributed by atoms with E-state index in [0.717, 1.165) is 25.3 Å². The number of alkyl halides is 3. The molecule has 0 aliphatic carbocycles. The van der Waals surface area contributed by atoms with Gasteiger partial charge in [0.1, 0.15) is 11.6 Å². The fraction of sp³-hybridized carbons (Fsp3) is 0.545. The van der Waals surface area contributed by atoms with Crippen molar-refractivity contribution < 1.29 is 13.2 Å². The molecule has 1 saturated heterocycles. The van der Waals surface area contributed by atoms with Crippen molar-refractivity contribution in [3.63, 3.8) is 0 Å². The zero-order valence-electron chi connectivity index (χ0n) is 9.30. The quantitative estimate of drug-likeness (QED) is 0.827. The maximum Gasteiger partial charge on any atom is 0.419 e. The van der Waals surface area contributed by atoms with E-state index in [-0.39, 0.29) is 11.6 Å². The molecule has 94 valence electrons. The first-order chi connectivity index (χ1) is 7.98. The first-order valence-corrected chi connectivity index (χ1v) is 5.57. The summed E-state index contributed by atoms with van der Waals surface area (Å²) in [7, 11) is 0. The summed E-state index contributed by atoms with van der Waals surface area (Å²) in [5, 5.41) is 0. The van der Waals surface area contributed by atoms with Gasteiger partial charge in [0.15, 0.2) is 0 Å². The van der Waals surface area contributed by atoms with Crippen molar-refractivity contribution in [2.24, 2.45) is 0 Å². The molecule has 2 rings (SSSR count). The monoisotopic (exact) mass is 245 g/mol. The number of piperidine rings is 1. The van der Waals surface area contributed by atoms with Gasteiger partial charge in [0, 0.05) is 13.1 Å². The van der Waals surface area contributed by atoms with E-state index >= 15 is 0 Å². The van der Waals surface area contributed by atoms with Crippen LogP contribution in [0.4, 0.5) is 24.8 Å². The first kappa shape index (κ1) is 12.0. The summed E-state index contributed by atoms with van der Waals surface area (Å²) in [6.07, 6.45) is -1.53. The Morgan fingerprint density at radius 1 is 1.12 bits per heavy atom. The Kier molecular flexibility index (Phi) is 3.13. The summed E-state index contributed by atoms with van der Waals surface area (Å²) in [5.74, 6) is 0.0933. The summed E-state index contributed by atoms with van der Waals surface area (Å²) in [4.78, 5) is 5.52. The van der Waals surface area contributed by atoms with Gasteiger partial charge in [-0.1, -0.05) is 0 Å². The predicted molar refractivity (Wildman–Crippen MR) is 59.7 cm³/mol. The Hall–Kier alpha value is -1.46. The van der Waals surface area contributed by atoms with Crippen LogP contribution in [0.2, 0.25) is 0 Å². The average Bonchev–Trinajstić information content (AvgIpc) is 2.28. The van der Waals surface area contributed by atoms with E-state index in [1.165, 1.54) is 6.07 Å². The molecular formula is C11H14F3N3. The molecule has 1 fully saturated rings. The van der Waals surface area contributed by atoms with E-state index in [1.807, 2.05) is 0 Å². The maximum absolute atomic E-state index is 12.8. The van der Waals surface area contributed by atoms with E-state index in [4.69, 9.17) is 5.73 Å². The van der Waals surface area contributed by atoms with Crippen LogP contribution in [0, 0.1) is 0 Å². The Bertz CT molecular complexity index is 397. The van der Waals surface area contributed by atoms with Gasteiger partial charge in [-0.25, -0.2) is 4.98 Å². The minimum Gasteiger partial charge on any atom is -0.384 e. The predicted octanol–water partition coefficient (Wildman–Crippen LogP) is 2.67. The van der Waals surface area contributed by atoms with Crippen LogP contribution in [0.15, 0.2) is 12.1 Å². The Balaban J connectivity index is 2.39. The van der Waals surface area contributed by atoms with Crippen LogP contribution in [0.25, 0.3) is 0 Å². The summed E-state index contributed by atoms with van der Waals surface area (Å²) in [6.45, 7) is 1.22. The number of nitrogen functional groups attached to an aromatic ring is 1. The molecule has 6 heteroatoms. The Morgan fingerprint density at radius 3 is 2.35 bits per heavy atom. The van der Waals surface area contributed by atoms with Gasteiger partial charge in [-0.2, -0.15) is 13.2 Å². The molecule has 1 aliphatic rings. The fourth-order valence-corrected chi connectivity index (χ4v) is 2.03. The lowest BCUT2D eigenvalue weighted by Crippen LogP contribution is -2.32. The van der Waals surface area contributed by atoms with Crippen LogP contribution in [-0.4, -0.2) is 18.1 Å². The molecule has 0 saturated carbocycles. The van der Waals surface area contributed by atoms with Crippen molar-refractivity contribution in [2.75, 3.05) is 23.7 Å². The van der Waals surface area contributed by atoms with Gasteiger partial charge in [0.2, 0.25) is 0 Å². The zero-order chi connectivity index (χ0) is 12.5. The van der Waals surface area contributed by atoms with Crippen LogP contribution in [-0.2, 0) is 6.18 Å². The SMILES string of the molecule is Nc1ccc(C(F)(F)F)c(N2CCCCC2)n1. The Labute approximate surface area is 97.4 Å². The minimum atomic E-state index is -4.38. The van der Waals surface area contributed by atoms with Crippen molar-refractivity contribution in [2.45, 2.75) is 25.4 Å². The van der Waals surface area contributed by atoms with Crippen molar-refractivity contribution in [1.29, 1.82) is 0 Å². The smallest absolute Gasteiger partial charge is 0.384 e. The van der Waals surface area contributed by atoms with Gasteiger partial charge in [0.05, 0.1) is 5.56 Å². The van der Waals surface area contributed by atoms with Crippen LogP contribution in [0.1, 0.15) is 24.8 Å². The number of nitrogens with two attached hydrogens (primary N) is 1. The second kappa shape index (κ2) is 4.43. The Morgan fingerprint density at radius 2 is 1.76 bits per heavy atom. The largest absolute Gasteiger partial charge is 0.419 e. The number of rotatable bonds is 1. The maximum atomic E-state index is 12.8. The van der Waals surface area contributed by atoms with E-state index < -0.39 is 11.7 Å². The third kappa shape index (κ3) is 2.62. The van der Waals surface area contributed by atoms with Gasteiger partial charge in [0.25, 0.3) is 0 Å². The topological polar surface area (TPSA) is 42.1 Å². The van der Waals surface area contributed by atoms with E-state index in [0.29, 0.717) is 13.1 Å². The number of hydrogen-bond acceptors (Lipinski definition) is 3. The average molecular weight is 245 g/mol. The van der Waals surface area contributed by atoms with Crippen molar-refractivity contribution >= 4 is 11.6 Å². The third-order valence-corrected chi connectivity index (χ3v) is 2.86. The molecule has 3 nitrogen and oxygen atoms in total. The molecule has 1 aromatic rings. The fourth-order valence-electron chi connectivity index (χ4n) is 2.03.